The van der Waals surface area contributed by atoms with Crippen molar-refractivity contribution in [1.82, 2.24) is 15.5 Å². The Hall–Kier alpha value is -2.07. The molecule has 0 spiro atoms. The minimum atomic E-state index is -0.125. The van der Waals surface area contributed by atoms with E-state index >= 15 is 0 Å². The first-order valence-corrected chi connectivity index (χ1v) is 10.8. The highest BCUT2D eigenvalue weighted by Crippen LogP contribution is 2.41. The van der Waals surface area contributed by atoms with E-state index in [0.29, 0.717) is 6.04 Å². The maximum absolute atomic E-state index is 14.0. The average Bonchev–Trinajstić information content (AvgIpc) is 3.41. The Bertz CT molecular complexity index is 920. The molecule has 32 heavy (non-hydrogen) atoms. The molecule has 0 aromatic heterocycles. The third-order valence-corrected chi connectivity index (χ3v) is 6.07. The molecule has 8 heteroatoms. The molecule has 6 nitrogen and oxygen atoms in total. The summed E-state index contributed by atoms with van der Waals surface area (Å²) in [7, 11) is 5.12. The molecule has 174 valence electrons. The van der Waals surface area contributed by atoms with E-state index in [1.165, 1.54) is 11.6 Å². The van der Waals surface area contributed by atoms with Gasteiger partial charge in [0.2, 0.25) is 0 Å². The first-order valence-electron chi connectivity index (χ1n) is 10.8. The number of guanidine groups is 1. The van der Waals surface area contributed by atoms with Gasteiger partial charge in [0.15, 0.2) is 5.96 Å². The molecule has 2 fully saturated rings. The average molecular weight is 554 g/mol. The highest BCUT2D eigenvalue weighted by atomic mass is 127. The van der Waals surface area contributed by atoms with Gasteiger partial charge in [-0.1, -0.05) is 18.2 Å². The van der Waals surface area contributed by atoms with Crippen molar-refractivity contribution in [2.45, 2.75) is 37.4 Å². The van der Waals surface area contributed by atoms with E-state index in [1.807, 2.05) is 18.2 Å². The molecule has 1 saturated heterocycles. The number of halogens is 2. The Kier molecular flexibility index (Phi) is 8.58. The standard InChI is InChI=1S/C24H31FN4O2.HI/c1-26-24(28-23-13-21(23)20-6-4-5-7-22(20)25)27-17-8-9-29(15-17)14-16-10-18(30-2)12-19(11-16)31-3;/h4-7,10-12,17,21,23H,8-9,13-15H2,1-3H3,(H2,26,27,28);1H. The number of aliphatic imine (C=N–C) groups is 1. The topological polar surface area (TPSA) is 58.1 Å². The Morgan fingerprint density at radius 3 is 2.50 bits per heavy atom. The minimum Gasteiger partial charge on any atom is -0.497 e. The van der Waals surface area contributed by atoms with Gasteiger partial charge in [0.05, 0.1) is 14.2 Å². The van der Waals surface area contributed by atoms with Gasteiger partial charge in [0, 0.05) is 50.7 Å². The van der Waals surface area contributed by atoms with Gasteiger partial charge >= 0.3 is 0 Å². The quantitative estimate of drug-likeness (QED) is 0.310. The van der Waals surface area contributed by atoms with Crippen LogP contribution in [0.3, 0.4) is 0 Å². The second-order valence-electron chi connectivity index (χ2n) is 8.27. The Morgan fingerprint density at radius 1 is 1.12 bits per heavy atom. The summed E-state index contributed by atoms with van der Waals surface area (Å²) in [5.74, 6) is 2.49. The number of benzene rings is 2. The molecule has 2 aromatic rings. The maximum atomic E-state index is 14.0. The van der Waals surface area contributed by atoms with E-state index in [9.17, 15) is 4.39 Å². The molecule has 2 N–H and O–H groups in total. The van der Waals surface area contributed by atoms with Crippen LogP contribution in [0.4, 0.5) is 4.39 Å². The highest BCUT2D eigenvalue weighted by Gasteiger charge is 2.40. The van der Waals surface area contributed by atoms with Crippen LogP contribution < -0.4 is 20.1 Å². The molecule has 0 bridgehead atoms. The molecule has 1 saturated carbocycles. The summed E-state index contributed by atoms with van der Waals surface area (Å²) >= 11 is 0. The monoisotopic (exact) mass is 554 g/mol. The van der Waals surface area contributed by atoms with E-state index in [-0.39, 0.29) is 41.8 Å². The maximum Gasteiger partial charge on any atom is 0.191 e. The SMILES string of the molecule is CN=C(NC1CCN(Cc2cc(OC)cc(OC)c2)C1)NC1CC1c1ccccc1F.I. The normalized spacial score (nSPS) is 22.8. The van der Waals surface area contributed by atoms with Gasteiger partial charge < -0.3 is 20.1 Å². The minimum absolute atomic E-state index is 0. The molecule has 0 radical (unpaired) electrons. The van der Waals surface area contributed by atoms with E-state index in [0.717, 1.165) is 55.5 Å². The lowest BCUT2D eigenvalue weighted by Crippen LogP contribution is -2.45. The Labute approximate surface area is 206 Å². The van der Waals surface area contributed by atoms with E-state index in [4.69, 9.17) is 9.47 Å². The summed E-state index contributed by atoms with van der Waals surface area (Å²) in [6.45, 7) is 2.78. The first-order chi connectivity index (χ1) is 15.1. The fourth-order valence-electron chi connectivity index (χ4n) is 4.32. The van der Waals surface area contributed by atoms with E-state index in [1.54, 1.807) is 27.3 Å². The Balaban J connectivity index is 0.00000289. The lowest BCUT2D eigenvalue weighted by atomic mass is 10.1. The predicted molar refractivity (Wildman–Crippen MR) is 136 cm³/mol. The van der Waals surface area contributed by atoms with Crippen LogP contribution in [0.2, 0.25) is 0 Å². The summed E-state index contributed by atoms with van der Waals surface area (Å²) in [5.41, 5.74) is 1.96. The predicted octanol–water partition coefficient (Wildman–Crippen LogP) is 3.76. The number of likely N-dealkylation sites (tertiary alicyclic amines) is 1. The van der Waals surface area contributed by atoms with E-state index < -0.39 is 0 Å². The van der Waals surface area contributed by atoms with Gasteiger partial charge in [-0.25, -0.2) is 4.39 Å². The fraction of sp³-hybridized carbons (Fsp3) is 0.458. The zero-order valence-electron chi connectivity index (χ0n) is 18.8. The van der Waals surface area contributed by atoms with Crippen LogP contribution in [0.25, 0.3) is 0 Å². The van der Waals surface area contributed by atoms with Gasteiger partial charge in [0.25, 0.3) is 0 Å². The van der Waals surface area contributed by atoms with Gasteiger partial charge in [-0.3, -0.25) is 9.89 Å². The lowest BCUT2D eigenvalue weighted by molar-refractivity contribution is 0.321. The highest BCUT2D eigenvalue weighted by molar-refractivity contribution is 14.0. The number of ether oxygens (including phenoxy) is 2. The molecule has 4 rings (SSSR count). The van der Waals surface area contributed by atoms with Crippen molar-refractivity contribution in [1.29, 1.82) is 0 Å². The number of hydrogen-bond donors (Lipinski definition) is 2. The zero-order valence-corrected chi connectivity index (χ0v) is 21.1. The van der Waals surface area contributed by atoms with Gasteiger partial charge in [-0.2, -0.15) is 0 Å². The third kappa shape index (κ3) is 6.04. The summed E-state index contributed by atoms with van der Waals surface area (Å²) in [6, 6.07) is 13.6. The first kappa shape index (κ1) is 24.6. The van der Waals surface area contributed by atoms with Gasteiger partial charge in [0.1, 0.15) is 17.3 Å². The van der Waals surface area contributed by atoms with Crippen molar-refractivity contribution in [2.24, 2.45) is 4.99 Å². The molecule has 3 unspecified atom stereocenters. The molecular weight excluding hydrogens is 522 g/mol. The van der Waals surface area contributed by atoms with Crippen molar-refractivity contribution >= 4 is 29.9 Å². The van der Waals surface area contributed by atoms with Crippen LogP contribution in [-0.2, 0) is 6.54 Å². The molecule has 2 aromatic carbocycles. The summed E-state index contributed by atoms with van der Waals surface area (Å²) in [5, 5.41) is 7.00. The Morgan fingerprint density at radius 2 is 1.84 bits per heavy atom. The van der Waals surface area contributed by atoms with Crippen LogP contribution in [0, 0.1) is 5.82 Å². The second kappa shape index (κ2) is 11.2. The van der Waals surface area contributed by atoms with E-state index in [2.05, 4.69) is 32.7 Å². The van der Waals surface area contributed by atoms with Crippen LogP contribution in [0.1, 0.15) is 29.9 Å². The van der Waals surface area contributed by atoms with Crippen molar-refractivity contribution in [3.63, 3.8) is 0 Å². The third-order valence-electron chi connectivity index (χ3n) is 6.07. The molecular formula is C24H32FIN4O2. The number of nitrogens with zero attached hydrogens (tertiary/aromatic N) is 2. The smallest absolute Gasteiger partial charge is 0.191 e. The van der Waals surface area contributed by atoms with Crippen LogP contribution in [0.15, 0.2) is 47.5 Å². The van der Waals surface area contributed by atoms with Gasteiger partial charge in [-0.05, 0) is 42.2 Å². The number of rotatable bonds is 7. The number of hydrogen-bond acceptors (Lipinski definition) is 4. The number of nitrogens with one attached hydrogen (secondary N) is 2. The molecule has 1 aliphatic heterocycles. The molecule has 3 atom stereocenters. The van der Waals surface area contributed by atoms with Gasteiger partial charge in [-0.15, -0.1) is 24.0 Å². The number of methoxy groups -OCH3 is 2. The molecule has 2 aliphatic rings. The van der Waals surface area contributed by atoms with Crippen molar-refractivity contribution in [3.8, 4) is 11.5 Å². The van der Waals surface area contributed by atoms with Crippen molar-refractivity contribution in [2.75, 3.05) is 34.4 Å². The lowest BCUT2D eigenvalue weighted by Gasteiger charge is -2.19. The fourth-order valence-corrected chi connectivity index (χ4v) is 4.32. The van der Waals surface area contributed by atoms with Crippen molar-refractivity contribution in [3.05, 3.63) is 59.4 Å². The zero-order chi connectivity index (χ0) is 21.8. The summed E-state index contributed by atoms with van der Waals surface area (Å²) in [6.07, 6.45) is 1.97. The van der Waals surface area contributed by atoms with Crippen LogP contribution in [0.5, 0.6) is 11.5 Å². The van der Waals surface area contributed by atoms with Crippen LogP contribution >= 0.6 is 24.0 Å². The molecule has 1 heterocycles. The molecule has 0 amide bonds. The largest absolute Gasteiger partial charge is 0.497 e. The van der Waals surface area contributed by atoms with Crippen molar-refractivity contribution < 1.29 is 13.9 Å². The summed E-state index contributed by atoms with van der Waals surface area (Å²) in [4.78, 5) is 6.80. The summed E-state index contributed by atoms with van der Waals surface area (Å²) < 4.78 is 24.8. The van der Waals surface area contributed by atoms with Crippen LogP contribution in [-0.4, -0.2) is 57.3 Å². The second-order valence-corrected chi connectivity index (χ2v) is 8.27. The molecule has 1 aliphatic carbocycles.